The predicted molar refractivity (Wildman–Crippen MR) is 122 cm³/mol. The molecule has 164 valence electrons. The van der Waals surface area contributed by atoms with Gasteiger partial charge in [-0.2, -0.15) is 0 Å². The molecule has 1 atom stereocenters. The first-order valence-electron chi connectivity index (χ1n) is 9.62. The Morgan fingerprint density at radius 2 is 1.90 bits per heavy atom. The first-order chi connectivity index (χ1) is 14.3. The monoisotopic (exact) mass is 470 g/mol. The van der Waals surface area contributed by atoms with Crippen LogP contribution in [0.5, 0.6) is 5.75 Å². The summed E-state index contributed by atoms with van der Waals surface area (Å²) in [6.07, 6.45) is 3.65. The molecule has 30 heavy (non-hydrogen) atoms. The first-order valence-corrected chi connectivity index (χ1v) is 12.7. The second-order valence-corrected chi connectivity index (χ2v) is 9.75. The van der Waals surface area contributed by atoms with Crippen LogP contribution in [0.3, 0.4) is 0 Å². The van der Waals surface area contributed by atoms with Crippen LogP contribution in [0.4, 0.5) is 0 Å². The minimum Gasteiger partial charge on any atom is -0.482 e. The summed E-state index contributed by atoms with van der Waals surface area (Å²) < 4.78 is 32.5. The lowest BCUT2D eigenvalue weighted by molar-refractivity contribution is -0.123. The van der Waals surface area contributed by atoms with Gasteiger partial charge in [-0.15, -0.1) is 11.8 Å². The zero-order chi connectivity index (χ0) is 22.1. The lowest BCUT2D eigenvalue weighted by Crippen LogP contribution is -2.31. The van der Waals surface area contributed by atoms with Crippen molar-refractivity contribution in [3.63, 3.8) is 0 Å². The van der Waals surface area contributed by atoms with E-state index in [1.807, 2.05) is 44.4 Å². The fourth-order valence-corrected chi connectivity index (χ4v) is 4.44. The number of unbranched alkanes of at least 4 members (excludes halogenated alkanes) is 1. The minimum absolute atomic E-state index is 0.0581. The van der Waals surface area contributed by atoms with Crippen LogP contribution in [0.2, 0.25) is 5.02 Å². The molecule has 0 saturated heterocycles. The second kappa shape index (κ2) is 11.6. The molecule has 0 radical (unpaired) electrons. The van der Waals surface area contributed by atoms with E-state index in [9.17, 15) is 13.2 Å². The topological polar surface area (TPSA) is 84.5 Å². The summed E-state index contributed by atoms with van der Waals surface area (Å²) in [5.74, 6) is -0.0539. The van der Waals surface area contributed by atoms with Crippen molar-refractivity contribution < 1.29 is 17.9 Å². The summed E-state index contributed by atoms with van der Waals surface area (Å²) in [5.41, 5.74) is 0.990. The zero-order valence-electron chi connectivity index (χ0n) is 17.3. The maximum absolute atomic E-state index is 12.3. The number of hydrogen-bond donors (Lipinski definition) is 2. The molecule has 0 saturated carbocycles. The van der Waals surface area contributed by atoms with Crippen molar-refractivity contribution >= 4 is 39.3 Å². The Morgan fingerprint density at radius 3 is 2.50 bits per heavy atom. The summed E-state index contributed by atoms with van der Waals surface area (Å²) in [5, 5.41) is 2.99. The molecule has 0 bridgehead atoms. The van der Waals surface area contributed by atoms with Gasteiger partial charge in [-0.25, -0.2) is 13.1 Å². The third-order valence-corrected chi connectivity index (χ3v) is 6.89. The molecule has 0 fully saturated rings. The highest BCUT2D eigenvalue weighted by Gasteiger charge is 2.16. The Balaban J connectivity index is 1.92. The molecule has 2 rings (SSSR count). The first kappa shape index (κ1) is 24.5. The Hall–Kier alpha value is -1.74. The highest BCUT2D eigenvalue weighted by atomic mass is 35.5. The quantitative estimate of drug-likeness (QED) is 0.375. The molecule has 1 unspecified atom stereocenters. The van der Waals surface area contributed by atoms with Crippen LogP contribution in [-0.4, -0.2) is 33.7 Å². The molecule has 6 nitrogen and oxygen atoms in total. The minimum atomic E-state index is -3.63. The van der Waals surface area contributed by atoms with Gasteiger partial charge in [0, 0.05) is 11.4 Å². The van der Waals surface area contributed by atoms with E-state index in [0.717, 1.165) is 23.3 Å². The van der Waals surface area contributed by atoms with Crippen molar-refractivity contribution in [2.24, 2.45) is 0 Å². The van der Waals surface area contributed by atoms with E-state index in [2.05, 4.69) is 10.0 Å². The lowest BCUT2D eigenvalue weighted by atomic mass is 10.1. The number of rotatable bonds is 11. The third kappa shape index (κ3) is 7.19. The number of hydrogen-bond acceptors (Lipinski definition) is 5. The van der Waals surface area contributed by atoms with Crippen molar-refractivity contribution in [3.8, 4) is 5.75 Å². The lowest BCUT2D eigenvalue weighted by Gasteiger charge is -2.15. The molecule has 9 heteroatoms. The Labute approximate surface area is 187 Å². The van der Waals surface area contributed by atoms with E-state index in [1.165, 1.54) is 18.2 Å². The fraction of sp³-hybridized carbons (Fsp3) is 0.381. The molecule has 0 spiro atoms. The van der Waals surface area contributed by atoms with Crippen molar-refractivity contribution in [3.05, 3.63) is 53.1 Å². The molecule has 0 aromatic heterocycles. The number of benzene rings is 2. The summed E-state index contributed by atoms with van der Waals surface area (Å²) in [6.45, 7) is 4.01. The molecule has 0 aliphatic carbocycles. The van der Waals surface area contributed by atoms with Gasteiger partial charge in [0.1, 0.15) is 5.75 Å². The van der Waals surface area contributed by atoms with Crippen molar-refractivity contribution in [2.75, 3.05) is 19.4 Å². The second-order valence-electron chi connectivity index (χ2n) is 6.69. The largest absolute Gasteiger partial charge is 0.482 e. The molecule has 0 aliphatic heterocycles. The number of sulfonamides is 1. The van der Waals surface area contributed by atoms with Crippen LogP contribution in [0, 0.1) is 0 Å². The van der Waals surface area contributed by atoms with Gasteiger partial charge in [-0.05, 0) is 55.5 Å². The normalized spacial score (nSPS) is 12.4. The van der Waals surface area contributed by atoms with Crippen LogP contribution in [-0.2, 0) is 14.8 Å². The molecule has 0 aliphatic rings. The third-order valence-electron chi connectivity index (χ3n) is 4.39. The van der Waals surface area contributed by atoms with E-state index in [0.29, 0.717) is 6.54 Å². The summed E-state index contributed by atoms with van der Waals surface area (Å²) in [7, 11) is -3.63. The molecule has 2 N–H and O–H groups in total. The maximum Gasteiger partial charge on any atom is 0.258 e. The van der Waals surface area contributed by atoms with Gasteiger partial charge in [0.2, 0.25) is 10.0 Å². The molecule has 0 heterocycles. The standard InChI is InChI=1S/C21H27ClN2O4S2/c1-4-5-12-23-30(26,27)18-10-11-20(19(22)13-18)28-14-21(25)24-15(2)16-6-8-17(29-3)9-7-16/h6-11,13,15,23H,4-5,12,14H2,1-3H3,(H,24,25). The Morgan fingerprint density at radius 1 is 1.20 bits per heavy atom. The van der Waals surface area contributed by atoms with Gasteiger partial charge in [-0.3, -0.25) is 4.79 Å². The van der Waals surface area contributed by atoms with Gasteiger partial charge >= 0.3 is 0 Å². The summed E-state index contributed by atoms with van der Waals surface area (Å²) in [6, 6.07) is 12.0. The Kier molecular flexibility index (Phi) is 9.48. The molecule has 2 aromatic carbocycles. The van der Waals surface area contributed by atoms with E-state index in [-0.39, 0.29) is 34.2 Å². The van der Waals surface area contributed by atoms with E-state index in [1.54, 1.807) is 11.8 Å². The summed E-state index contributed by atoms with van der Waals surface area (Å²) >= 11 is 7.82. The number of thioether (sulfide) groups is 1. The van der Waals surface area contributed by atoms with E-state index in [4.69, 9.17) is 16.3 Å². The molecule has 2 aromatic rings. The van der Waals surface area contributed by atoms with Crippen molar-refractivity contribution in [1.29, 1.82) is 0 Å². The zero-order valence-corrected chi connectivity index (χ0v) is 19.7. The van der Waals surface area contributed by atoms with Crippen molar-refractivity contribution in [1.82, 2.24) is 10.0 Å². The summed E-state index contributed by atoms with van der Waals surface area (Å²) in [4.78, 5) is 13.4. The van der Waals surface area contributed by atoms with Crippen LogP contribution >= 0.6 is 23.4 Å². The van der Waals surface area contributed by atoms with E-state index < -0.39 is 10.0 Å². The number of amides is 1. The molecular weight excluding hydrogens is 444 g/mol. The smallest absolute Gasteiger partial charge is 0.258 e. The van der Waals surface area contributed by atoms with E-state index >= 15 is 0 Å². The van der Waals surface area contributed by atoms with Crippen LogP contribution in [0.25, 0.3) is 0 Å². The van der Waals surface area contributed by atoms with Gasteiger partial charge in [0.05, 0.1) is 16.0 Å². The van der Waals surface area contributed by atoms with Gasteiger partial charge in [-0.1, -0.05) is 37.1 Å². The number of carbonyl (C=O) groups is 1. The van der Waals surface area contributed by atoms with Gasteiger partial charge < -0.3 is 10.1 Å². The van der Waals surface area contributed by atoms with Crippen molar-refractivity contribution in [2.45, 2.75) is 42.5 Å². The van der Waals surface area contributed by atoms with Crippen LogP contribution in [0.15, 0.2) is 52.3 Å². The van der Waals surface area contributed by atoms with Gasteiger partial charge in [0.25, 0.3) is 5.91 Å². The van der Waals surface area contributed by atoms with Gasteiger partial charge in [0.15, 0.2) is 6.61 Å². The molecule has 1 amide bonds. The average molecular weight is 471 g/mol. The highest BCUT2D eigenvalue weighted by Crippen LogP contribution is 2.27. The SMILES string of the molecule is CCCCNS(=O)(=O)c1ccc(OCC(=O)NC(C)c2ccc(SC)cc2)c(Cl)c1. The fourth-order valence-electron chi connectivity index (χ4n) is 2.63. The van der Waals surface area contributed by atoms with Crippen LogP contribution < -0.4 is 14.8 Å². The van der Waals surface area contributed by atoms with Crippen LogP contribution in [0.1, 0.15) is 38.3 Å². The maximum atomic E-state index is 12.3. The number of halogens is 1. The predicted octanol–water partition coefficient (Wildman–Crippen LogP) is 4.40. The highest BCUT2D eigenvalue weighted by molar-refractivity contribution is 7.98. The molecular formula is C21H27ClN2O4S2. The Bertz CT molecular complexity index is 950. The average Bonchev–Trinajstić information content (AvgIpc) is 2.73. The number of nitrogens with one attached hydrogen (secondary N) is 2. The number of carbonyl (C=O) groups excluding carboxylic acids is 1. The number of ether oxygens (including phenoxy) is 1.